The Morgan fingerprint density at radius 1 is 1.52 bits per heavy atom. The van der Waals surface area contributed by atoms with Crippen molar-refractivity contribution in [3.05, 3.63) is 10.6 Å². The van der Waals surface area contributed by atoms with Crippen molar-refractivity contribution < 1.29 is 19.4 Å². The molecule has 7 nitrogen and oxygen atoms in total. The first-order chi connectivity index (χ1) is 9.93. The van der Waals surface area contributed by atoms with Crippen LogP contribution in [0, 0.1) is 12.8 Å². The van der Waals surface area contributed by atoms with E-state index in [1.165, 1.54) is 16.2 Å². The lowest BCUT2D eigenvalue weighted by Crippen LogP contribution is -2.45. The first kappa shape index (κ1) is 15.7. The first-order valence-corrected chi connectivity index (χ1v) is 7.56. The molecule has 2 amide bonds. The number of ether oxygens (including phenoxy) is 1. The second-order valence-electron chi connectivity index (χ2n) is 4.97. The fourth-order valence-electron chi connectivity index (χ4n) is 2.30. The molecule has 0 saturated carbocycles. The van der Waals surface area contributed by atoms with Gasteiger partial charge in [-0.05, 0) is 13.3 Å². The lowest BCUT2D eigenvalue weighted by atomic mass is 10.0. The van der Waals surface area contributed by atoms with E-state index < -0.39 is 17.9 Å². The molecule has 1 aromatic rings. The number of urea groups is 1. The molecule has 8 heteroatoms. The van der Waals surface area contributed by atoms with E-state index in [0.29, 0.717) is 5.13 Å². The molecule has 1 aliphatic rings. The van der Waals surface area contributed by atoms with Gasteiger partial charge in [-0.25, -0.2) is 9.78 Å². The van der Waals surface area contributed by atoms with Crippen LogP contribution < -0.4 is 5.32 Å². The predicted molar refractivity (Wildman–Crippen MR) is 78.7 cm³/mol. The number of amides is 2. The second kappa shape index (κ2) is 6.40. The van der Waals surface area contributed by atoms with Gasteiger partial charge in [0.15, 0.2) is 5.13 Å². The highest BCUT2D eigenvalue weighted by Gasteiger charge is 2.38. The summed E-state index contributed by atoms with van der Waals surface area (Å²) in [6.45, 7) is 4.33. The predicted octanol–water partition coefficient (Wildman–Crippen LogP) is 1.58. The molecule has 21 heavy (non-hydrogen) atoms. The van der Waals surface area contributed by atoms with E-state index >= 15 is 0 Å². The molecule has 1 aliphatic heterocycles. The van der Waals surface area contributed by atoms with E-state index in [9.17, 15) is 9.59 Å². The maximum atomic E-state index is 12.2. The third-order valence-corrected chi connectivity index (χ3v) is 4.56. The van der Waals surface area contributed by atoms with Gasteiger partial charge < -0.3 is 14.7 Å². The van der Waals surface area contributed by atoms with E-state index in [1.54, 1.807) is 7.05 Å². The Labute approximate surface area is 126 Å². The van der Waals surface area contributed by atoms with Crippen LogP contribution in [-0.4, -0.2) is 53.3 Å². The topological polar surface area (TPSA) is 91.8 Å². The third kappa shape index (κ3) is 3.33. The highest BCUT2D eigenvalue weighted by molar-refractivity contribution is 7.15. The zero-order chi connectivity index (χ0) is 15.6. The first-order valence-electron chi connectivity index (χ1n) is 6.74. The summed E-state index contributed by atoms with van der Waals surface area (Å²) in [6.07, 6.45) is 0.811. The molecule has 0 bridgehead atoms. The van der Waals surface area contributed by atoms with Gasteiger partial charge in [-0.2, -0.15) is 0 Å². The van der Waals surface area contributed by atoms with Gasteiger partial charge in [0.2, 0.25) is 0 Å². The summed E-state index contributed by atoms with van der Waals surface area (Å²) in [6, 6.07) is -0.831. The van der Waals surface area contributed by atoms with Gasteiger partial charge in [0.1, 0.15) is 5.92 Å². The summed E-state index contributed by atoms with van der Waals surface area (Å²) >= 11 is 1.42. The van der Waals surface area contributed by atoms with Crippen molar-refractivity contribution in [2.24, 2.45) is 5.92 Å². The molecule has 1 aromatic heterocycles. The van der Waals surface area contributed by atoms with Crippen LogP contribution in [0.25, 0.3) is 0 Å². The number of thiazole rings is 1. The van der Waals surface area contributed by atoms with Gasteiger partial charge in [0, 0.05) is 11.9 Å². The van der Waals surface area contributed by atoms with E-state index in [2.05, 4.69) is 10.3 Å². The van der Waals surface area contributed by atoms with E-state index in [-0.39, 0.29) is 19.2 Å². The summed E-state index contributed by atoms with van der Waals surface area (Å²) in [4.78, 5) is 30.1. The number of nitrogens with zero attached hydrogens (tertiary/aromatic N) is 2. The Bertz CT molecular complexity index is 546. The number of aryl methyl sites for hydroxylation is 2. The van der Waals surface area contributed by atoms with Gasteiger partial charge in [0.05, 0.1) is 24.9 Å². The maximum Gasteiger partial charge on any atom is 0.323 e. The molecule has 0 aliphatic carbocycles. The molecule has 2 unspecified atom stereocenters. The molecule has 1 saturated heterocycles. The smallest absolute Gasteiger partial charge is 0.323 e. The number of carbonyl (C=O) groups is 2. The molecule has 0 spiro atoms. The Morgan fingerprint density at radius 3 is 2.81 bits per heavy atom. The monoisotopic (exact) mass is 313 g/mol. The number of nitrogens with one attached hydrogen (secondary N) is 1. The minimum Gasteiger partial charge on any atom is -0.481 e. The maximum absolute atomic E-state index is 12.2. The number of rotatable bonds is 4. The van der Waals surface area contributed by atoms with Crippen molar-refractivity contribution in [1.29, 1.82) is 0 Å². The van der Waals surface area contributed by atoms with Crippen molar-refractivity contribution in [3.8, 4) is 0 Å². The molecular weight excluding hydrogens is 294 g/mol. The highest BCUT2D eigenvalue weighted by Crippen LogP contribution is 2.24. The largest absolute Gasteiger partial charge is 0.481 e. The highest BCUT2D eigenvalue weighted by atomic mass is 32.1. The van der Waals surface area contributed by atoms with Crippen LogP contribution in [0.15, 0.2) is 0 Å². The molecule has 2 heterocycles. The lowest BCUT2D eigenvalue weighted by molar-refractivity contribution is -0.142. The quantitative estimate of drug-likeness (QED) is 0.880. The molecule has 2 rings (SSSR count). The molecule has 1 fully saturated rings. The number of aromatic nitrogens is 1. The summed E-state index contributed by atoms with van der Waals surface area (Å²) < 4.78 is 5.18. The van der Waals surface area contributed by atoms with Crippen molar-refractivity contribution in [1.82, 2.24) is 9.88 Å². The van der Waals surface area contributed by atoms with E-state index in [0.717, 1.165) is 17.0 Å². The van der Waals surface area contributed by atoms with Gasteiger partial charge in [-0.3, -0.25) is 10.1 Å². The normalized spacial score (nSPS) is 21.3. The number of carboxylic acid groups (broad SMARTS) is 1. The van der Waals surface area contributed by atoms with Crippen LogP contribution in [0.5, 0.6) is 0 Å². The number of likely N-dealkylation sites (N-methyl/N-ethyl adjacent to an activating group) is 1. The van der Waals surface area contributed by atoms with Gasteiger partial charge in [0.25, 0.3) is 0 Å². The fourth-order valence-corrected chi connectivity index (χ4v) is 3.19. The number of anilines is 1. The summed E-state index contributed by atoms with van der Waals surface area (Å²) in [5, 5.41) is 12.4. The summed E-state index contributed by atoms with van der Waals surface area (Å²) in [5.41, 5.74) is 0.963. The zero-order valence-electron chi connectivity index (χ0n) is 12.3. The number of carboxylic acids is 1. The number of aliphatic carboxylic acids is 1. The standard InChI is InChI=1S/C13H19N3O4S/c1-4-9-7(2)21-12(14-9)15-13(19)16(3)10-6-20-5-8(10)11(17)18/h8,10H,4-6H2,1-3H3,(H,17,18)(H,14,15,19). The lowest BCUT2D eigenvalue weighted by Gasteiger charge is -2.25. The number of hydrogen-bond acceptors (Lipinski definition) is 5. The minimum atomic E-state index is -0.949. The second-order valence-corrected chi connectivity index (χ2v) is 6.17. The zero-order valence-corrected chi connectivity index (χ0v) is 13.1. The molecule has 2 atom stereocenters. The summed E-state index contributed by atoms with van der Waals surface area (Å²) in [5.74, 6) is -1.64. The third-order valence-electron chi connectivity index (χ3n) is 3.63. The van der Waals surface area contributed by atoms with Gasteiger partial charge in [-0.1, -0.05) is 6.92 Å². The van der Waals surface area contributed by atoms with Crippen LogP contribution in [-0.2, 0) is 16.0 Å². The van der Waals surface area contributed by atoms with Crippen LogP contribution in [0.4, 0.5) is 9.93 Å². The Balaban J connectivity index is 2.03. The van der Waals surface area contributed by atoms with Crippen LogP contribution in [0.3, 0.4) is 0 Å². The average molecular weight is 313 g/mol. The average Bonchev–Trinajstić information content (AvgIpc) is 3.04. The van der Waals surface area contributed by atoms with Crippen LogP contribution >= 0.6 is 11.3 Å². The molecule has 0 aromatic carbocycles. The fraction of sp³-hybridized carbons (Fsp3) is 0.615. The van der Waals surface area contributed by atoms with Crippen LogP contribution in [0.2, 0.25) is 0 Å². The number of carbonyl (C=O) groups excluding carboxylic acids is 1. The molecule has 2 N–H and O–H groups in total. The van der Waals surface area contributed by atoms with Gasteiger partial charge in [-0.15, -0.1) is 11.3 Å². The molecular formula is C13H19N3O4S. The Hall–Kier alpha value is -1.67. The Kier molecular flexibility index (Phi) is 4.79. The van der Waals surface area contributed by atoms with Crippen LogP contribution in [0.1, 0.15) is 17.5 Å². The van der Waals surface area contributed by atoms with Crippen molar-refractivity contribution in [3.63, 3.8) is 0 Å². The SMILES string of the molecule is CCc1nc(NC(=O)N(C)C2COCC2C(=O)O)sc1C. The summed E-state index contributed by atoms with van der Waals surface area (Å²) in [7, 11) is 1.58. The van der Waals surface area contributed by atoms with Crippen molar-refractivity contribution >= 4 is 28.5 Å². The molecule has 0 radical (unpaired) electrons. The van der Waals surface area contributed by atoms with Crippen molar-refractivity contribution in [2.75, 3.05) is 25.6 Å². The van der Waals surface area contributed by atoms with E-state index in [4.69, 9.17) is 9.84 Å². The minimum absolute atomic E-state index is 0.133. The Morgan fingerprint density at radius 2 is 2.24 bits per heavy atom. The number of hydrogen-bond donors (Lipinski definition) is 2. The van der Waals surface area contributed by atoms with E-state index in [1.807, 2.05) is 13.8 Å². The van der Waals surface area contributed by atoms with Crippen molar-refractivity contribution in [2.45, 2.75) is 26.3 Å². The molecule has 116 valence electrons. The van der Waals surface area contributed by atoms with Gasteiger partial charge >= 0.3 is 12.0 Å².